The van der Waals surface area contributed by atoms with E-state index in [1.54, 1.807) is 0 Å². The average Bonchev–Trinajstić information content (AvgIpc) is 2.99. The van der Waals surface area contributed by atoms with Crippen molar-refractivity contribution in [1.82, 2.24) is 4.90 Å². The summed E-state index contributed by atoms with van der Waals surface area (Å²) in [5, 5.41) is 0.714. The first-order valence-electron chi connectivity index (χ1n) is 7.64. The first-order chi connectivity index (χ1) is 10.8. The molecule has 0 radical (unpaired) electrons. The molecule has 114 valence electrons. The van der Waals surface area contributed by atoms with E-state index >= 15 is 0 Å². The van der Waals surface area contributed by atoms with Crippen LogP contribution in [-0.4, -0.2) is 18.0 Å². The van der Waals surface area contributed by atoms with Crippen molar-refractivity contribution in [2.75, 3.05) is 13.1 Å². The van der Waals surface area contributed by atoms with Crippen LogP contribution in [0.4, 0.5) is 0 Å². The predicted molar refractivity (Wildman–Crippen MR) is 91.7 cm³/mol. The fraction of sp³-hybridized carbons (Fsp3) is 0.263. The molecule has 0 amide bonds. The molecule has 0 saturated carbocycles. The summed E-state index contributed by atoms with van der Waals surface area (Å²) in [6, 6.07) is 16.3. The fourth-order valence-corrected chi connectivity index (χ4v) is 3.11. The summed E-state index contributed by atoms with van der Waals surface area (Å²) in [5.74, 6) is 1.64. The van der Waals surface area contributed by atoms with E-state index in [0.717, 1.165) is 24.6 Å². The van der Waals surface area contributed by atoms with Crippen LogP contribution in [0.3, 0.4) is 0 Å². The SMILES string of the molecule is C=CCN1CCCC1c1ccc(Oc2ccc(Cl)cc2)cc1. The Morgan fingerprint density at radius 1 is 1.09 bits per heavy atom. The Bertz CT molecular complexity index is 621. The summed E-state index contributed by atoms with van der Waals surface area (Å²) >= 11 is 5.88. The zero-order chi connectivity index (χ0) is 15.4. The van der Waals surface area contributed by atoms with Gasteiger partial charge in [0.15, 0.2) is 0 Å². The highest BCUT2D eigenvalue weighted by atomic mass is 35.5. The van der Waals surface area contributed by atoms with Crippen LogP contribution in [0.1, 0.15) is 24.4 Å². The Balaban J connectivity index is 1.69. The van der Waals surface area contributed by atoms with Gasteiger partial charge in [0.25, 0.3) is 0 Å². The van der Waals surface area contributed by atoms with E-state index in [1.165, 1.54) is 18.4 Å². The van der Waals surface area contributed by atoms with Crippen molar-refractivity contribution < 1.29 is 4.74 Å². The monoisotopic (exact) mass is 313 g/mol. The van der Waals surface area contributed by atoms with Gasteiger partial charge < -0.3 is 4.74 Å². The fourth-order valence-electron chi connectivity index (χ4n) is 2.98. The molecule has 0 bridgehead atoms. The third-order valence-electron chi connectivity index (χ3n) is 4.04. The molecular formula is C19H20ClNO. The lowest BCUT2D eigenvalue weighted by Gasteiger charge is -2.23. The summed E-state index contributed by atoms with van der Waals surface area (Å²) in [6.07, 6.45) is 4.45. The van der Waals surface area contributed by atoms with Gasteiger partial charge >= 0.3 is 0 Å². The Labute approximate surface area is 137 Å². The van der Waals surface area contributed by atoms with Gasteiger partial charge in [-0.15, -0.1) is 6.58 Å². The molecule has 0 N–H and O–H groups in total. The number of benzene rings is 2. The number of halogens is 1. The second kappa shape index (κ2) is 6.99. The second-order valence-corrected chi connectivity index (χ2v) is 6.00. The van der Waals surface area contributed by atoms with E-state index in [0.29, 0.717) is 11.1 Å². The third kappa shape index (κ3) is 3.52. The lowest BCUT2D eigenvalue weighted by Crippen LogP contribution is -2.23. The van der Waals surface area contributed by atoms with Crippen molar-refractivity contribution in [3.05, 3.63) is 71.8 Å². The molecule has 1 atom stereocenters. The van der Waals surface area contributed by atoms with Gasteiger partial charge in [-0.1, -0.05) is 29.8 Å². The van der Waals surface area contributed by atoms with Crippen LogP contribution < -0.4 is 4.74 Å². The summed E-state index contributed by atoms with van der Waals surface area (Å²) in [5.41, 5.74) is 1.35. The van der Waals surface area contributed by atoms with Gasteiger partial charge in [0.1, 0.15) is 11.5 Å². The van der Waals surface area contributed by atoms with E-state index in [-0.39, 0.29) is 0 Å². The molecule has 0 aromatic heterocycles. The molecule has 3 heteroatoms. The van der Waals surface area contributed by atoms with Gasteiger partial charge in [-0.05, 0) is 61.3 Å². The molecule has 1 aliphatic rings. The van der Waals surface area contributed by atoms with Crippen LogP contribution >= 0.6 is 11.6 Å². The third-order valence-corrected chi connectivity index (χ3v) is 4.29. The van der Waals surface area contributed by atoms with E-state index in [9.17, 15) is 0 Å². The van der Waals surface area contributed by atoms with E-state index in [4.69, 9.17) is 16.3 Å². The van der Waals surface area contributed by atoms with Gasteiger partial charge in [-0.25, -0.2) is 0 Å². The standard InChI is InChI=1S/C19H20ClNO/c1-2-13-21-14-3-4-19(21)15-5-9-17(10-6-15)22-18-11-7-16(20)8-12-18/h2,5-12,19H,1,3-4,13-14H2. The molecule has 1 unspecified atom stereocenters. The summed E-state index contributed by atoms with van der Waals surface area (Å²) in [6.45, 7) is 5.95. The Kier molecular flexibility index (Phi) is 4.81. The number of ether oxygens (including phenoxy) is 1. The predicted octanol–water partition coefficient (Wildman–Crippen LogP) is 5.46. The second-order valence-electron chi connectivity index (χ2n) is 5.57. The van der Waals surface area contributed by atoms with Crippen LogP contribution in [0.15, 0.2) is 61.2 Å². The van der Waals surface area contributed by atoms with Crippen molar-refractivity contribution in [1.29, 1.82) is 0 Å². The largest absolute Gasteiger partial charge is 0.457 e. The minimum Gasteiger partial charge on any atom is -0.457 e. The van der Waals surface area contributed by atoms with Crippen molar-refractivity contribution in [2.24, 2.45) is 0 Å². The van der Waals surface area contributed by atoms with Gasteiger partial charge in [0.2, 0.25) is 0 Å². The number of rotatable bonds is 5. The maximum atomic E-state index is 5.88. The lowest BCUT2D eigenvalue weighted by molar-refractivity contribution is 0.285. The molecule has 0 aliphatic carbocycles. The Morgan fingerprint density at radius 3 is 2.36 bits per heavy atom. The molecule has 1 aliphatic heterocycles. The number of likely N-dealkylation sites (tertiary alicyclic amines) is 1. The zero-order valence-electron chi connectivity index (χ0n) is 12.5. The lowest BCUT2D eigenvalue weighted by atomic mass is 10.0. The molecule has 1 saturated heterocycles. The minimum absolute atomic E-state index is 0.502. The minimum atomic E-state index is 0.502. The van der Waals surface area contributed by atoms with Crippen molar-refractivity contribution in [3.63, 3.8) is 0 Å². The molecule has 2 aromatic rings. The molecule has 1 fully saturated rings. The highest BCUT2D eigenvalue weighted by Gasteiger charge is 2.24. The maximum absolute atomic E-state index is 5.88. The summed E-state index contributed by atoms with van der Waals surface area (Å²) in [7, 11) is 0. The van der Waals surface area contributed by atoms with Crippen molar-refractivity contribution in [2.45, 2.75) is 18.9 Å². The van der Waals surface area contributed by atoms with E-state index in [1.807, 2.05) is 42.5 Å². The van der Waals surface area contributed by atoms with Crippen LogP contribution in [0.2, 0.25) is 5.02 Å². The van der Waals surface area contributed by atoms with Crippen LogP contribution in [0, 0.1) is 0 Å². The first kappa shape index (κ1) is 15.1. The van der Waals surface area contributed by atoms with Gasteiger partial charge in [0, 0.05) is 17.6 Å². The van der Waals surface area contributed by atoms with Gasteiger partial charge in [0.05, 0.1) is 0 Å². The molecule has 22 heavy (non-hydrogen) atoms. The van der Waals surface area contributed by atoms with Crippen LogP contribution in [0.5, 0.6) is 11.5 Å². The van der Waals surface area contributed by atoms with Gasteiger partial charge in [-0.3, -0.25) is 4.90 Å². The molecule has 3 rings (SSSR count). The zero-order valence-corrected chi connectivity index (χ0v) is 13.3. The van der Waals surface area contributed by atoms with Crippen molar-refractivity contribution >= 4 is 11.6 Å². The molecule has 2 nitrogen and oxygen atoms in total. The normalized spacial score (nSPS) is 18.3. The molecule has 1 heterocycles. The molecular weight excluding hydrogens is 294 g/mol. The topological polar surface area (TPSA) is 12.5 Å². The summed E-state index contributed by atoms with van der Waals surface area (Å²) in [4.78, 5) is 2.47. The van der Waals surface area contributed by atoms with Gasteiger partial charge in [-0.2, -0.15) is 0 Å². The van der Waals surface area contributed by atoms with Crippen LogP contribution in [0.25, 0.3) is 0 Å². The Hall–Kier alpha value is -1.77. The maximum Gasteiger partial charge on any atom is 0.127 e. The number of hydrogen-bond donors (Lipinski definition) is 0. The highest BCUT2D eigenvalue weighted by molar-refractivity contribution is 6.30. The quantitative estimate of drug-likeness (QED) is 0.680. The van der Waals surface area contributed by atoms with Crippen LogP contribution in [-0.2, 0) is 0 Å². The number of hydrogen-bond acceptors (Lipinski definition) is 2. The molecule has 0 spiro atoms. The Morgan fingerprint density at radius 2 is 1.73 bits per heavy atom. The smallest absolute Gasteiger partial charge is 0.127 e. The molecule has 2 aromatic carbocycles. The summed E-state index contributed by atoms with van der Waals surface area (Å²) < 4.78 is 5.84. The van der Waals surface area contributed by atoms with E-state index < -0.39 is 0 Å². The van der Waals surface area contributed by atoms with E-state index in [2.05, 4.69) is 23.6 Å². The highest BCUT2D eigenvalue weighted by Crippen LogP contribution is 2.33. The van der Waals surface area contributed by atoms with Crippen molar-refractivity contribution in [3.8, 4) is 11.5 Å². The number of nitrogens with zero attached hydrogens (tertiary/aromatic N) is 1. The average molecular weight is 314 g/mol. The first-order valence-corrected chi connectivity index (χ1v) is 8.02.